The van der Waals surface area contributed by atoms with Crippen LogP contribution in [-0.2, 0) is 0 Å². The molecule has 2 N–H and O–H groups in total. The minimum Gasteiger partial charge on any atom is -0.339 e. The van der Waals surface area contributed by atoms with Crippen molar-refractivity contribution in [3.63, 3.8) is 0 Å². The number of aromatic nitrogens is 4. The Bertz CT molecular complexity index is 758. The molecule has 2 aromatic heterocycles. The van der Waals surface area contributed by atoms with Crippen LogP contribution in [0.15, 0.2) is 28.9 Å². The monoisotopic (exact) mass is 357 g/mol. The summed E-state index contributed by atoms with van der Waals surface area (Å²) in [5, 5.41) is 11.3. The van der Waals surface area contributed by atoms with Gasteiger partial charge in [0.15, 0.2) is 5.65 Å². The molecule has 3 aromatic rings. The van der Waals surface area contributed by atoms with Gasteiger partial charge >= 0.3 is 0 Å². The van der Waals surface area contributed by atoms with Crippen LogP contribution in [-0.4, -0.2) is 20.2 Å². The topological polar surface area (TPSA) is 66.5 Å². The van der Waals surface area contributed by atoms with Crippen LogP contribution in [0.3, 0.4) is 0 Å². The van der Waals surface area contributed by atoms with E-state index in [2.05, 4.69) is 41.4 Å². The average Bonchev–Trinajstić information content (AvgIpc) is 2.83. The number of rotatable bonds is 2. The van der Waals surface area contributed by atoms with Crippen LogP contribution in [0.2, 0.25) is 10.3 Å². The van der Waals surface area contributed by atoms with E-state index in [-0.39, 0.29) is 5.28 Å². The number of H-pyrrole nitrogens is 1. The van der Waals surface area contributed by atoms with E-state index in [9.17, 15) is 0 Å². The smallest absolute Gasteiger partial charge is 0.226 e. The van der Waals surface area contributed by atoms with Gasteiger partial charge in [0.2, 0.25) is 5.28 Å². The minimum atomic E-state index is 0.136. The Morgan fingerprint density at radius 1 is 1.21 bits per heavy atom. The van der Waals surface area contributed by atoms with E-state index < -0.39 is 0 Å². The van der Waals surface area contributed by atoms with Crippen molar-refractivity contribution >= 4 is 61.7 Å². The van der Waals surface area contributed by atoms with Crippen LogP contribution in [0, 0.1) is 0 Å². The Kier molecular flexibility index (Phi) is 3.30. The van der Waals surface area contributed by atoms with Crippen molar-refractivity contribution in [1.82, 2.24) is 20.2 Å². The lowest BCUT2D eigenvalue weighted by atomic mass is 10.3. The van der Waals surface area contributed by atoms with Crippen molar-refractivity contribution in [2.24, 2.45) is 0 Å². The Balaban J connectivity index is 2.10. The van der Waals surface area contributed by atoms with E-state index in [1.54, 1.807) is 12.3 Å². The van der Waals surface area contributed by atoms with Crippen molar-refractivity contribution in [2.45, 2.75) is 0 Å². The summed E-state index contributed by atoms with van der Waals surface area (Å²) in [4.78, 5) is 8.20. The Hall–Kier alpha value is -1.37. The van der Waals surface area contributed by atoms with Crippen LogP contribution < -0.4 is 5.32 Å². The molecule has 5 nitrogen and oxygen atoms in total. The molecule has 0 saturated carbocycles. The van der Waals surface area contributed by atoms with E-state index in [1.165, 1.54) is 0 Å². The quantitative estimate of drug-likeness (QED) is 0.675. The Morgan fingerprint density at radius 2 is 2.05 bits per heavy atom. The van der Waals surface area contributed by atoms with Gasteiger partial charge in [-0.25, -0.2) is 0 Å². The van der Waals surface area contributed by atoms with Crippen LogP contribution in [0.4, 0.5) is 11.5 Å². The molecule has 0 aliphatic carbocycles. The van der Waals surface area contributed by atoms with Crippen molar-refractivity contribution in [3.05, 3.63) is 39.2 Å². The molecule has 0 saturated heterocycles. The minimum absolute atomic E-state index is 0.136. The number of hydrogen-bond acceptors (Lipinski definition) is 4. The summed E-state index contributed by atoms with van der Waals surface area (Å²) in [7, 11) is 0. The highest BCUT2D eigenvalue weighted by molar-refractivity contribution is 9.10. The molecule has 0 spiro atoms. The number of aromatic amines is 1. The molecule has 0 fully saturated rings. The number of benzene rings is 1. The fraction of sp³-hybridized carbons (Fsp3) is 0. The predicted molar refractivity (Wildman–Crippen MR) is 79.1 cm³/mol. The van der Waals surface area contributed by atoms with Gasteiger partial charge in [-0.2, -0.15) is 15.1 Å². The van der Waals surface area contributed by atoms with Gasteiger partial charge in [0.25, 0.3) is 0 Å². The van der Waals surface area contributed by atoms with Gasteiger partial charge in [-0.05, 0) is 39.7 Å². The van der Waals surface area contributed by atoms with Gasteiger partial charge in [0, 0.05) is 0 Å². The third-order valence-electron chi connectivity index (χ3n) is 2.49. The van der Waals surface area contributed by atoms with Gasteiger partial charge in [0.1, 0.15) is 5.82 Å². The lowest BCUT2D eigenvalue weighted by Crippen LogP contribution is -1.97. The summed E-state index contributed by atoms with van der Waals surface area (Å²) >= 11 is 15.3. The maximum Gasteiger partial charge on any atom is 0.226 e. The normalized spacial score (nSPS) is 10.9. The molecule has 0 aliphatic rings. The van der Waals surface area contributed by atoms with Gasteiger partial charge in [0.05, 0.1) is 26.8 Å². The summed E-state index contributed by atoms with van der Waals surface area (Å²) in [6.45, 7) is 0. The van der Waals surface area contributed by atoms with Crippen LogP contribution >= 0.6 is 39.1 Å². The maximum atomic E-state index is 6.04. The highest BCUT2D eigenvalue weighted by Gasteiger charge is 2.11. The molecule has 8 heteroatoms. The highest BCUT2D eigenvalue weighted by Crippen LogP contribution is 2.33. The van der Waals surface area contributed by atoms with E-state index in [4.69, 9.17) is 23.2 Å². The first kappa shape index (κ1) is 12.7. The van der Waals surface area contributed by atoms with Gasteiger partial charge < -0.3 is 5.32 Å². The molecule has 1 aromatic carbocycles. The first-order chi connectivity index (χ1) is 9.15. The summed E-state index contributed by atoms with van der Waals surface area (Å²) in [6, 6.07) is 5.50. The lowest BCUT2D eigenvalue weighted by molar-refractivity contribution is 1.09. The molecule has 0 unspecified atom stereocenters. The van der Waals surface area contributed by atoms with E-state index in [0.717, 1.165) is 15.5 Å². The third-order valence-corrected chi connectivity index (χ3v) is 4.05. The molecule has 0 atom stereocenters. The second-order valence-corrected chi connectivity index (χ2v) is 5.24. The maximum absolute atomic E-state index is 6.04. The van der Waals surface area contributed by atoms with E-state index in [0.29, 0.717) is 16.5 Å². The van der Waals surface area contributed by atoms with Gasteiger partial charge in [-0.1, -0.05) is 17.7 Å². The fourth-order valence-electron chi connectivity index (χ4n) is 1.63. The van der Waals surface area contributed by atoms with Gasteiger partial charge in [-0.15, -0.1) is 0 Å². The third kappa shape index (κ3) is 2.39. The largest absolute Gasteiger partial charge is 0.339 e. The lowest BCUT2D eigenvalue weighted by Gasteiger charge is -2.09. The molecule has 0 amide bonds. The number of hydrogen-bond donors (Lipinski definition) is 2. The highest BCUT2D eigenvalue weighted by atomic mass is 79.9. The number of halogens is 3. The second kappa shape index (κ2) is 4.96. The molecule has 19 heavy (non-hydrogen) atoms. The molecular formula is C11H6BrCl2N5. The fourth-order valence-corrected chi connectivity index (χ4v) is 2.34. The van der Waals surface area contributed by atoms with E-state index >= 15 is 0 Å². The van der Waals surface area contributed by atoms with Crippen molar-refractivity contribution in [2.75, 3.05) is 5.32 Å². The summed E-state index contributed by atoms with van der Waals surface area (Å²) in [5.41, 5.74) is 1.35. The summed E-state index contributed by atoms with van der Waals surface area (Å²) < 4.78 is 0.753. The van der Waals surface area contributed by atoms with Gasteiger partial charge in [-0.3, -0.25) is 5.10 Å². The van der Waals surface area contributed by atoms with Crippen LogP contribution in [0.1, 0.15) is 0 Å². The molecule has 0 radical (unpaired) electrons. The molecule has 2 heterocycles. The molecule has 3 rings (SSSR count). The molecule has 96 valence electrons. The number of nitrogens with zero attached hydrogens (tertiary/aromatic N) is 3. The van der Waals surface area contributed by atoms with Crippen molar-refractivity contribution < 1.29 is 0 Å². The Morgan fingerprint density at radius 3 is 2.89 bits per heavy atom. The Labute approximate surface area is 126 Å². The molecule has 0 aliphatic heterocycles. The van der Waals surface area contributed by atoms with Crippen LogP contribution in [0.5, 0.6) is 0 Å². The van der Waals surface area contributed by atoms with Crippen molar-refractivity contribution in [1.29, 1.82) is 0 Å². The first-order valence-electron chi connectivity index (χ1n) is 5.23. The first-order valence-corrected chi connectivity index (χ1v) is 6.77. The zero-order valence-electron chi connectivity index (χ0n) is 9.28. The molecule has 0 bridgehead atoms. The number of fused-ring (bicyclic) bond motifs is 1. The zero-order valence-corrected chi connectivity index (χ0v) is 12.4. The van der Waals surface area contributed by atoms with E-state index in [1.807, 2.05) is 12.1 Å². The summed E-state index contributed by atoms with van der Waals surface area (Å²) in [6.07, 6.45) is 1.63. The SMILES string of the molecule is Clc1nc(Nc2cccc(Cl)c2Br)c2cn[nH]c2n1. The summed E-state index contributed by atoms with van der Waals surface area (Å²) in [5.74, 6) is 0.562. The average molecular weight is 359 g/mol. The number of anilines is 2. The zero-order chi connectivity index (χ0) is 13.4. The van der Waals surface area contributed by atoms with Crippen molar-refractivity contribution in [3.8, 4) is 0 Å². The number of nitrogens with one attached hydrogen (secondary N) is 2. The predicted octanol–water partition coefficient (Wildman–Crippen LogP) is 4.17. The standard InChI is InChI=1S/C11H6BrCl2N5/c12-8-6(13)2-1-3-7(8)16-9-5-4-15-19-10(5)18-11(14)17-9/h1-4H,(H2,15,16,17,18,19). The molecular weight excluding hydrogens is 353 g/mol. The second-order valence-electron chi connectivity index (χ2n) is 3.70. The van der Waals surface area contributed by atoms with Crippen LogP contribution in [0.25, 0.3) is 11.0 Å².